The first-order chi connectivity index (χ1) is 6.77. The van der Waals surface area contributed by atoms with E-state index in [2.05, 4.69) is 4.98 Å². The molecule has 0 aliphatic carbocycles. The highest BCUT2D eigenvalue weighted by molar-refractivity contribution is 7.13. The lowest BCUT2D eigenvalue weighted by atomic mass is 9.80. The second kappa shape index (κ2) is 3.92. The van der Waals surface area contributed by atoms with Gasteiger partial charge in [-0.15, -0.1) is 11.3 Å². The predicted molar refractivity (Wildman–Crippen MR) is 57.4 cm³/mol. The summed E-state index contributed by atoms with van der Waals surface area (Å²) in [5, 5.41) is 20.7. The molecule has 0 unspecified atom stereocenters. The van der Waals surface area contributed by atoms with Crippen LogP contribution in [0.4, 0.5) is 0 Å². The molecule has 3 nitrogen and oxygen atoms in total. The Balaban J connectivity index is 2.41. The Morgan fingerprint density at radius 2 is 2.14 bits per heavy atom. The number of nitrogens with zero attached hydrogens (tertiary/aromatic N) is 1. The smallest absolute Gasteiger partial charge is 0.423 e. The van der Waals surface area contributed by atoms with E-state index in [-0.39, 0.29) is 0 Å². The van der Waals surface area contributed by atoms with Crippen molar-refractivity contribution < 1.29 is 10.0 Å². The first kappa shape index (κ1) is 9.39. The minimum Gasteiger partial charge on any atom is -0.423 e. The first-order valence-corrected chi connectivity index (χ1v) is 5.01. The third-order valence-electron chi connectivity index (χ3n) is 1.86. The third kappa shape index (κ3) is 1.84. The topological polar surface area (TPSA) is 53.4 Å². The van der Waals surface area contributed by atoms with Crippen LogP contribution in [0.3, 0.4) is 0 Å². The normalized spacial score (nSPS) is 10.1. The Morgan fingerprint density at radius 1 is 1.29 bits per heavy atom. The summed E-state index contributed by atoms with van der Waals surface area (Å²) in [6.45, 7) is 0. The molecule has 0 fully saturated rings. The van der Waals surface area contributed by atoms with E-state index in [1.165, 1.54) is 11.3 Å². The Hall–Kier alpha value is -1.17. The van der Waals surface area contributed by atoms with E-state index in [9.17, 15) is 0 Å². The number of hydrogen-bond acceptors (Lipinski definition) is 4. The monoisotopic (exact) mass is 205 g/mol. The summed E-state index contributed by atoms with van der Waals surface area (Å²) in [5.41, 5.74) is 1.39. The van der Waals surface area contributed by atoms with Gasteiger partial charge in [0.05, 0.1) is 0 Å². The molecule has 2 N–H and O–H groups in total. The van der Waals surface area contributed by atoms with Crippen LogP contribution in [0.2, 0.25) is 0 Å². The van der Waals surface area contributed by atoms with E-state index < -0.39 is 7.12 Å². The number of aromatic nitrogens is 1. The molecular weight excluding hydrogens is 197 g/mol. The van der Waals surface area contributed by atoms with Gasteiger partial charge in [0.15, 0.2) is 0 Å². The molecule has 1 aromatic heterocycles. The quantitative estimate of drug-likeness (QED) is 0.701. The zero-order chi connectivity index (χ0) is 9.97. The van der Waals surface area contributed by atoms with Crippen molar-refractivity contribution in [3.05, 3.63) is 35.8 Å². The summed E-state index contributed by atoms with van der Waals surface area (Å²) in [4.78, 5) is 4.14. The van der Waals surface area contributed by atoms with Crippen molar-refractivity contribution in [1.82, 2.24) is 4.98 Å². The molecule has 0 radical (unpaired) electrons. The van der Waals surface area contributed by atoms with Crippen molar-refractivity contribution in [2.75, 3.05) is 0 Å². The molecular formula is C9H8BNO2S. The lowest BCUT2D eigenvalue weighted by molar-refractivity contribution is 0.426. The molecule has 2 aromatic rings. The summed E-state index contributed by atoms with van der Waals surface area (Å²) in [7, 11) is -1.42. The maximum Gasteiger partial charge on any atom is 0.488 e. The Morgan fingerprint density at radius 3 is 2.79 bits per heavy atom. The molecule has 0 aliphatic rings. The van der Waals surface area contributed by atoms with Gasteiger partial charge in [-0.25, -0.2) is 4.98 Å². The van der Waals surface area contributed by atoms with Gasteiger partial charge in [0.25, 0.3) is 0 Å². The van der Waals surface area contributed by atoms with Crippen LogP contribution in [-0.4, -0.2) is 22.2 Å². The van der Waals surface area contributed by atoms with E-state index >= 15 is 0 Å². The van der Waals surface area contributed by atoms with Gasteiger partial charge in [-0.3, -0.25) is 0 Å². The molecule has 0 saturated heterocycles. The number of hydrogen-bond donors (Lipinski definition) is 2. The minimum absolute atomic E-state index is 0.484. The molecule has 1 aromatic carbocycles. The van der Waals surface area contributed by atoms with Gasteiger partial charge in [-0.2, -0.15) is 0 Å². The van der Waals surface area contributed by atoms with Gasteiger partial charge in [-0.05, 0) is 5.46 Å². The van der Waals surface area contributed by atoms with Crippen LogP contribution < -0.4 is 5.46 Å². The molecule has 70 valence electrons. The Kier molecular flexibility index (Phi) is 2.63. The SMILES string of the molecule is OB(O)c1cccc(-c2nccs2)c1. The second-order valence-corrected chi connectivity index (χ2v) is 3.73. The van der Waals surface area contributed by atoms with Crippen molar-refractivity contribution in [3.63, 3.8) is 0 Å². The fourth-order valence-electron chi connectivity index (χ4n) is 1.20. The molecule has 0 amide bonds. The minimum atomic E-state index is -1.42. The summed E-state index contributed by atoms with van der Waals surface area (Å²) in [5.74, 6) is 0. The highest BCUT2D eigenvalue weighted by Crippen LogP contribution is 2.19. The lowest BCUT2D eigenvalue weighted by Gasteiger charge is -2.01. The fourth-order valence-corrected chi connectivity index (χ4v) is 1.83. The molecule has 0 aliphatic heterocycles. The zero-order valence-corrected chi connectivity index (χ0v) is 8.11. The summed E-state index contributed by atoms with van der Waals surface area (Å²) >= 11 is 1.52. The van der Waals surface area contributed by atoms with Crippen LogP contribution in [0.5, 0.6) is 0 Å². The van der Waals surface area contributed by atoms with Crippen LogP contribution >= 0.6 is 11.3 Å². The van der Waals surface area contributed by atoms with E-state index in [1.807, 2.05) is 11.4 Å². The van der Waals surface area contributed by atoms with Crippen LogP contribution in [0, 0.1) is 0 Å². The number of thiazole rings is 1. The third-order valence-corrected chi connectivity index (χ3v) is 2.69. The van der Waals surface area contributed by atoms with E-state index in [0.29, 0.717) is 5.46 Å². The van der Waals surface area contributed by atoms with E-state index in [4.69, 9.17) is 10.0 Å². The Labute approximate surface area is 85.8 Å². The standard InChI is InChI=1S/C9H8BNO2S/c12-10(13)8-3-1-2-7(6-8)9-11-4-5-14-9/h1-6,12-13H. The zero-order valence-electron chi connectivity index (χ0n) is 7.29. The van der Waals surface area contributed by atoms with Crippen LogP contribution in [0.25, 0.3) is 10.6 Å². The largest absolute Gasteiger partial charge is 0.488 e. The summed E-state index contributed by atoms with van der Waals surface area (Å²) < 4.78 is 0. The molecule has 0 saturated carbocycles. The fraction of sp³-hybridized carbons (Fsp3) is 0. The molecule has 5 heteroatoms. The lowest BCUT2D eigenvalue weighted by Crippen LogP contribution is -2.29. The van der Waals surface area contributed by atoms with Crippen LogP contribution in [0.1, 0.15) is 0 Å². The van der Waals surface area contributed by atoms with E-state index in [0.717, 1.165) is 10.6 Å². The predicted octanol–water partition coefficient (Wildman–Crippen LogP) is 0.490. The summed E-state index contributed by atoms with van der Waals surface area (Å²) in [6.07, 6.45) is 1.72. The molecule has 0 spiro atoms. The molecule has 1 heterocycles. The number of benzene rings is 1. The van der Waals surface area contributed by atoms with Crippen LogP contribution in [0.15, 0.2) is 35.8 Å². The van der Waals surface area contributed by atoms with Gasteiger partial charge in [0.1, 0.15) is 5.01 Å². The van der Waals surface area contributed by atoms with Crippen molar-refractivity contribution in [3.8, 4) is 10.6 Å². The molecule has 0 atom stereocenters. The Bertz CT molecular complexity index is 417. The second-order valence-electron chi connectivity index (χ2n) is 2.84. The maximum absolute atomic E-state index is 8.98. The average Bonchev–Trinajstić information content (AvgIpc) is 2.71. The molecule has 0 bridgehead atoms. The van der Waals surface area contributed by atoms with Crippen LogP contribution in [-0.2, 0) is 0 Å². The van der Waals surface area contributed by atoms with Crippen molar-refractivity contribution in [2.45, 2.75) is 0 Å². The van der Waals surface area contributed by atoms with Gasteiger partial charge in [0.2, 0.25) is 0 Å². The first-order valence-electron chi connectivity index (χ1n) is 4.13. The maximum atomic E-state index is 8.98. The number of rotatable bonds is 2. The van der Waals surface area contributed by atoms with Gasteiger partial charge >= 0.3 is 7.12 Å². The highest BCUT2D eigenvalue weighted by Gasteiger charge is 2.11. The van der Waals surface area contributed by atoms with Gasteiger partial charge in [0, 0.05) is 17.1 Å². The van der Waals surface area contributed by atoms with Crippen molar-refractivity contribution in [1.29, 1.82) is 0 Å². The van der Waals surface area contributed by atoms with Gasteiger partial charge in [-0.1, -0.05) is 24.3 Å². The highest BCUT2D eigenvalue weighted by atomic mass is 32.1. The average molecular weight is 205 g/mol. The molecule has 14 heavy (non-hydrogen) atoms. The summed E-state index contributed by atoms with van der Waals surface area (Å²) in [6, 6.07) is 7.07. The van der Waals surface area contributed by atoms with E-state index in [1.54, 1.807) is 24.4 Å². The van der Waals surface area contributed by atoms with Crippen molar-refractivity contribution >= 4 is 23.9 Å². The van der Waals surface area contributed by atoms with Crippen molar-refractivity contribution in [2.24, 2.45) is 0 Å². The van der Waals surface area contributed by atoms with Gasteiger partial charge < -0.3 is 10.0 Å². The molecule has 2 rings (SSSR count).